The number of carbonyl (C=O) groups excluding carboxylic acids is 1. The second-order valence-corrected chi connectivity index (χ2v) is 5.79. The Kier molecular flexibility index (Phi) is 5.16. The van der Waals surface area contributed by atoms with Crippen LogP contribution in [0.3, 0.4) is 0 Å². The van der Waals surface area contributed by atoms with Crippen LogP contribution in [0, 0.1) is 0 Å². The van der Waals surface area contributed by atoms with Crippen molar-refractivity contribution < 1.29 is 9.53 Å². The molecule has 7 nitrogen and oxygen atoms in total. The van der Waals surface area contributed by atoms with E-state index in [2.05, 4.69) is 15.2 Å². The fraction of sp³-hybridized carbons (Fsp3) is 0.667. The number of nitrogen functional groups attached to an aromatic ring is 1. The number of amides is 1. The van der Waals surface area contributed by atoms with E-state index in [1.807, 2.05) is 19.0 Å². The van der Waals surface area contributed by atoms with Crippen LogP contribution in [-0.2, 0) is 4.74 Å². The molecule has 8 heteroatoms. The molecule has 0 bridgehead atoms. The first-order valence-electron chi connectivity index (χ1n) is 6.60. The molecule has 1 aromatic rings. The summed E-state index contributed by atoms with van der Waals surface area (Å²) < 4.78 is 5.28. The smallest absolute Gasteiger partial charge is 0.265 e. The lowest BCUT2D eigenvalue weighted by Crippen LogP contribution is -2.41. The predicted molar refractivity (Wildman–Crippen MR) is 80.4 cm³/mol. The number of nitrogens with zero attached hydrogens (tertiary/aromatic N) is 3. The van der Waals surface area contributed by atoms with E-state index in [9.17, 15) is 4.79 Å². The highest BCUT2D eigenvalue weighted by Crippen LogP contribution is 2.26. The van der Waals surface area contributed by atoms with E-state index < -0.39 is 0 Å². The molecule has 1 aromatic heterocycles. The Balaban J connectivity index is 1.82. The van der Waals surface area contributed by atoms with Gasteiger partial charge >= 0.3 is 0 Å². The molecule has 112 valence electrons. The third-order valence-electron chi connectivity index (χ3n) is 3.05. The van der Waals surface area contributed by atoms with E-state index in [0.717, 1.165) is 38.0 Å². The van der Waals surface area contributed by atoms with Crippen molar-refractivity contribution in [1.29, 1.82) is 0 Å². The van der Waals surface area contributed by atoms with Gasteiger partial charge in [-0.3, -0.25) is 9.69 Å². The summed E-state index contributed by atoms with van der Waals surface area (Å²) >= 11 is 1.31. The highest BCUT2D eigenvalue weighted by Gasteiger charge is 2.17. The molecule has 1 fully saturated rings. The van der Waals surface area contributed by atoms with E-state index >= 15 is 0 Å². The molecule has 0 spiro atoms. The molecular formula is C12H21N5O2S. The minimum absolute atomic E-state index is 0.152. The predicted octanol–water partition coefficient (Wildman–Crippen LogP) is -0.147. The number of rotatable bonds is 5. The number of anilines is 2. The number of hydrogen-bond acceptors (Lipinski definition) is 7. The molecule has 2 heterocycles. The molecule has 0 aromatic carbocycles. The summed E-state index contributed by atoms with van der Waals surface area (Å²) in [6, 6.07) is 0. The maximum absolute atomic E-state index is 12.1. The summed E-state index contributed by atoms with van der Waals surface area (Å²) in [6.07, 6.45) is 0. The average Bonchev–Trinajstić information content (AvgIpc) is 2.82. The van der Waals surface area contributed by atoms with Crippen LogP contribution in [0.15, 0.2) is 0 Å². The lowest BCUT2D eigenvalue weighted by molar-refractivity contribution is 0.0383. The van der Waals surface area contributed by atoms with Crippen molar-refractivity contribution >= 4 is 28.2 Å². The normalized spacial score (nSPS) is 16.1. The molecule has 1 saturated heterocycles. The number of thiazole rings is 1. The Bertz CT molecular complexity index is 457. The zero-order chi connectivity index (χ0) is 14.5. The molecule has 1 aliphatic heterocycles. The Morgan fingerprint density at radius 1 is 1.50 bits per heavy atom. The van der Waals surface area contributed by atoms with Gasteiger partial charge in [0.15, 0.2) is 5.13 Å². The Morgan fingerprint density at radius 2 is 2.20 bits per heavy atom. The molecule has 3 N–H and O–H groups in total. The number of morpholine rings is 1. The zero-order valence-corrected chi connectivity index (χ0v) is 12.7. The molecular weight excluding hydrogens is 278 g/mol. The second kappa shape index (κ2) is 6.87. The molecule has 1 amide bonds. The maximum atomic E-state index is 12.1. The minimum atomic E-state index is -0.152. The van der Waals surface area contributed by atoms with Gasteiger partial charge in [-0.05, 0) is 0 Å². The van der Waals surface area contributed by atoms with Crippen LogP contribution >= 0.6 is 11.3 Å². The van der Waals surface area contributed by atoms with Gasteiger partial charge in [-0.15, -0.1) is 0 Å². The molecule has 0 aliphatic carbocycles. The van der Waals surface area contributed by atoms with Crippen molar-refractivity contribution in [2.45, 2.75) is 0 Å². The van der Waals surface area contributed by atoms with Gasteiger partial charge in [0.1, 0.15) is 10.7 Å². The highest BCUT2D eigenvalue weighted by molar-refractivity contribution is 7.18. The summed E-state index contributed by atoms with van der Waals surface area (Å²) in [5.41, 5.74) is 5.78. The monoisotopic (exact) mass is 299 g/mol. The number of carbonyl (C=O) groups is 1. The highest BCUT2D eigenvalue weighted by atomic mass is 32.1. The van der Waals surface area contributed by atoms with Crippen molar-refractivity contribution in [2.24, 2.45) is 0 Å². The molecule has 1 aliphatic rings. The van der Waals surface area contributed by atoms with Crippen molar-refractivity contribution in [3.63, 3.8) is 0 Å². The van der Waals surface area contributed by atoms with Crippen molar-refractivity contribution in [1.82, 2.24) is 15.2 Å². The van der Waals surface area contributed by atoms with Gasteiger partial charge < -0.3 is 20.7 Å². The quantitative estimate of drug-likeness (QED) is 0.787. The second-order valence-electron chi connectivity index (χ2n) is 4.82. The molecule has 0 atom stereocenters. The summed E-state index contributed by atoms with van der Waals surface area (Å²) in [5, 5.41) is 3.63. The molecule has 20 heavy (non-hydrogen) atoms. The number of nitrogens with two attached hydrogens (primary N) is 1. The number of aromatic nitrogens is 1. The third-order valence-corrected chi connectivity index (χ3v) is 4.29. The Hall–Kier alpha value is -1.38. The molecule has 0 saturated carbocycles. The Labute approximate surface area is 122 Å². The van der Waals surface area contributed by atoms with Crippen LogP contribution in [0.1, 0.15) is 9.67 Å². The summed E-state index contributed by atoms with van der Waals surface area (Å²) in [5.74, 6) is 0.143. The molecule has 0 radical (unpaired) electrons. The van der Waals surface area contributed by atoms with Gasteiger partial charge in [0.25, 0.3) is 5.91 Å². The van der Waals surface area contributed by atoms with Crippen LogP contribution in [-0.4, -0.2) is 69.3 Å². The van der Waals surface area contributed by atoms with Crippen molar-refractivity contribution in [2.75, 3.05) is 64.1 Å². The van der Waals surface area contributed by atoms with E-state index in [1.165, 1.54) is 11.3 Å². The lowest BCUT2D eigenvalue weighted by atomic mass is 10.4. The fourth-order valence-electron chi connectivity index (χ4n) is 1.91. The van der Waals surface area contributed by atoms with Crippen LogP contribution in [0.25, 0.3) is 0 Å². The number of nitrogens with one attached hydrogen (secondary N) is 1. The van der Waals surface area contributed by atoms with Gasteiger partial charge in [0.2, 0.25) is 0 Å². The van der Waals surface area contributed by atoms with Crippen LogP contribution in [0.2, 0.25) is 0 Å². The van der Waals surface area contributed by atoms with E-state index in [-0.39, 0.29) is 5.91 Å². The van der Waals surface area contributed by atoms with E-state index in [1.54, 1.807) is 0 Å². The minimum Gasteiger partial charge on any atom is -0.382 e. The average molecular weight is 299 g/mol. The summed E-state index contributed by atoms with van der Waals surface area (Å²) in [7, 11) is 3.75. The topological polar surface area (TPSA) is 83.7 Å². The SMILES string of the molecule is CN(C)c1nc(N)c(C(=O)NCCN2CCOCC2)s1. The molecule has 0 unspecified atom stereocenters. The fourth-order valence-corrected chi connectivity index (χ4v) is 2.73. The van der Waals surface area contributed by atoms with Gasteiger partial charge in [-0.2, -0.15) is 0 Å². The first-order chi connectivity index (χ1) is 9.58. The lowest BCUT2D eigenvalue weighted by Gasteiger charge is -2.26. The first kappa shape index (κ1) is 15.0. The van der Waals surface area contributed by atoms with Gasteiger partial charge in [0.05, 0.1) is 13.2 Å². The zero-order valence-electron chi connectivity index (χ0n) is 11.9. The Morgan fingerprint density at radius 3 is 2.80 bits per heavy atom. The van der Waals surface area contributed by atoms with Crippen LogP contribution < -0.4 is 16.0 Å². The molecule has 2 rings (SSSR count). The summed E-state index contributed by atoms with van der Waals surface area (Å²) in [6.45, 7) is 4.80. The van der Waals surface area contributed by atoms with Gasteiger partial charge in [-0.1, -0.05) is 11.3 Å². The van der Waals surface area contributed by atoms with Gasteiger partial charge in [-0.25, -0.2) is 4.98 Å². The maximum Gasteiger partial charge on any atom is 0.265 e. The van der Waals surface area contributed by atoms with E-state index in [0.29, 0.717) is 17.2 Å². The van der Waals surface area contributed by atoms with Gasteiger partial charge in [0, 0.05) is 40.3 Å². The van der Waals surface area contributed by atoms with Crippen LogP contribution in [0.5, 0.6) is 0 Å². The van der Waals surface area contributed by atoms with Crippen molar-refractivity contribution in [3.8, 4) is 0 Å². The van der Waals surface area contributed by atoms with Crippen LogP contribution in [0.4, 0.5) is 10.9 Å². The van der Waals surface area contributed by atoms with Crippen molar-refractivity contribution in [3.05, 3.63) is 4.88 Å². The third kappa shape index (κ3) is 3.81. The number of ether oxygens (including phenoxy) is 1. The number of hydrogen-bond donors (Lipinski definition) is 2. The summed E-state index contributed by atoms with van der Waals surface area (Å²) in [4.78, 5) is 20.8. The first-order valence-corrected chi connectivity index (χ1v) is 7.41. The van der Waals surface area contributed by atoms with E-state index in [4.69, 9.17) is 10.5 Å². The standard InChI is InChI=1S/C12H21N5O2S/c1-16(2)12-15-10(13)9(20-12)11(18)14-3-4-17-5-7-19-8-6-17/h3-8,13H2,1-2H3,(H,14,18). The largest absolute Gasteiger partial charge is 0.382 e.